The van der Waals surface area contributed by atoms with Gasteiger partial charge in [-0.25, -0.2) is 9.40 Å². The van der Waals surface area contributed by atoms with Crippen molar-refractivity contribution in [3.8, 4) is 5.75 Å². The highest BCUT2D eigenvalue weighted by atomic mass is 19.1. The molecule has 0 atom stereocenters. The molecule has 0 spiro atoms. The summed E-state index contributed by atoms with van der Waals surface area (Å²) in [4.78, 5) is 38.2. The summed E-state index contributed by atoms with van der Waals surface area (Å²) >= 11 is 0. The van der Waals surface area contributed by atoms with Gasteiger partial charge in [-0.1, -0.05) is 30.3 Å². The van der Waals surface area contributed by atoms with Gasteiger partial charge in [0.1, 0.15) is 17.3 Å². The summed E-state index contributed by atoms with van der Waals surface area (Å²) in [6, 6.07) is 19.2. The van der Waals surface area contributed by atoms with Crippen LogP contribution in [0, 0.1) is 5.82 Å². The van der Waals surface area contributed by atoms with Gasteiger partial charge in [0.25, 0.3) is 11.8 Å². The van der Waals surface area contributed by atoms with E-state index in [2.05, 4.69) is 15.7 Å². The summed E-state index contributed by atoms with van der Waals surface area (Å²) in [5.74, 6) is -0.934. The number of methoxy groups -OCH3 is 1. The van der Waals surface area contributed by atoms with Gasteiger partial charge in [0.15, 0.2) is 0 Å². The van der Waals surface area contributed by atoms with Crippen molar-refractivity contribution in [3.05, 3.63) is 89.7 Å². The van der Waals surface area contributed by atoms with Gasteiger partial charge in [-0.2, -0.15) is 5.10 Å². The Bertz CT molecular complexity index is 1290. The number of anilines is 2. The summed E-state index contributed by atoms with van der Waals surface area (Å²) in [7, 11) is 1.54. The molecule has 0 saturated heterocycles. The smallest absolute Gasteiger partial charge is 0.271 e. The second kappa shape index (κ2) is 10.6. The topological polar surface area (TPSA) is 100 Å². The number of para-hydroxylation sites is 1. The first-order chi connectivity index (χ1) is 16.9. The minimum absolute atomic E-state index is 0.116. The third-order valence-corrected chi connectivity index (χ3v) is 5.36. The van der Waals surface area contributed by atoms with Crippen LogP contribution in [0.15, 0.2) is 77.9 Å². The maximum Gasteiger partial charge on any atom is 0.271 e. The number of halogens is 1. The molecule has 8 nitrogen and oxygen atoms in total. The van der Waals surface area contributed by atoms with Gasteiger partial charge in [0.2, 0.25) is 5.91 Å². The molecule has 35 heavy (non-hydrogen) atoms. The zero-order valence-electron chi connectivity index (χ0n) is 19.0. The van der Waals surface area contributed by atoms with Gasteiger partial charge in [-0.3, -0.25) is 14.4 Å². The Morgan fingerprint density at radius 3 is 2.51 bits per heavy atom. The Morgan fingerprint density at radius 2 is 1.74 bits per heavy atom. The first kappa shape index (κ1) is 23.6. The molecule has 0 fully saturated rings. The van der Waals surface area contributed by atoms with Crippen LogP contribution < -0.4 is 15.4 Å². The Kier molecular flexibility index (Phi) is 7.15. The van der Waals surface area contributed by atoms with Crippen molar-refractivity contribution in [3.63, 3.8) is 0 Å². The lowest BCUT2D eigenvalue weighted by Gasteiger charge is -2.23. The Hall–Kier alpha value is -4.53. The summed E-state index contributed by atoms with van der Waals surface area (Å²) in [5, 5.41) is 10.9. The predicted octanol–water partition coefficient (Wildman–Crippen LogP) is 4.20. The zero-order valence-corrected chi connectivity index (χ0v) is 19.0. The minimum Gasteiger partial charge on any atom is -0.497 e. The van der Waals surface area contributed by atoms with Crippen molar-refractivity contribution in [1.29, 1.82) is 0 Å². The van der Waals surface area contributed by atoms with Crippen LogP contribution in [0.2, 0.25) is 0 Å². The van der Waals surface area contributed by atoms with E-state index >= 15 is 0 Å². The predicted molar refractivity (Wildman–Crippen MR) is 130 cm³/mol. The van der Waals surface area contributed by atoms with Crippen molar-refractivity contribution in [2.75, 3.05) is 17.7 Å². The van der Waals surface area contributed by atoms with E-state index in [0.717, 1.165) is 0 Å². The number of carbonyl (C=O) groups is 3. The molecule has 3 aromatic carbocycles. The summed E-state index contributed by atoms with van der Waals surface area (Å²) in [5.41, 5.74) is 1.96. The van der Waals surface area contributed by atoms with Crippen LogP contribution in [-0.2, 0) is 16.1 Å². The molecule has 0 radical (unpaired) electrons. The third-order valence-electron chi connectivity index (χ3n) is 5.36. The van der Waals surface area contributed by atoms with Crippen LogP contribution in [0.25, 0.3) is 0 Å². The lowest BCUT2D eigenvalue weighted by Crippen LogP contribution is -2.36. The molecular weight excluding hydrogens is 451 g/mol. The molecule has 1 heterocycles. The van der Waals surface area contributed by atoms with Crippen LogP contribution in [0.3, 0.4) is 0 Å². The lowest BCUT2D eigenvalue weighted by atomic mass is 10.1. The van der Waals surface area contributed by atoms with Crippen molar-refractivity contribution in [2.45, 2.75) is 19.4 Å². The molecule has 178 valence electrons. The Morgan fingerprint density at radius 1 is 0.971 bits per heavy atom. The fourth-order valence-corrected chi connectivity index (χ4v) is 3.53. The molecule has 0 unspecified atom stereocenters. The van der Waals surface area contributed by atoms with Gasteiger partial charge in [0.05, 0.1) is 24.9 Å². The average Bonchev–Trinajstić information content (AvgIpc) is 2.87. The highest BCUT2D eigenvalue weighted by molar-refractivity contribution is 6.44. The van der Waals surface area contributed by atoms with E-state index in [0.29, 0.717) is 22.7 Å². The van der Waals surface area contributed by atoms with E-state index in [1.807, 2.05) is 0 Å². The number of nitrogens with one attached hydrogen (secondary N) is 2. The van der Waals surface area contributed by atoms with Gasteiger partial charge < -0.3 is 15.4 Å². The number of nitrogens with zero attached hydrogens (tertiary/aromatic N) is 2. The summed E-state index contributed by atoms with van der Waals surface area (Å²) in [6.45, 7) is 0.120. The quantitative estimate of drug-likeness (QED) is 0.536. The number of ether oxygens (including phenoxy) is 1. The molecule has 9 heteroatoms. The van der Waals surface area contributed by atoms with Crippen LogP contribution in [0.4, 0.5) is 15.8 Å². The van der Waals surface area contributed by atoms with E-state index in [-0.39, 0.29) is 42.4 Å². The fraction of sp³-hybridized carbons (Fsp3) is 0.154. The first-order valence-electron chi connectivity index (χ1n) is 10.9. The highest BCUT2D eigenvalue weighted by Crippen LogP contribution is 2.21. The van der Waals surface area contributed by atoms with E-state index in [9.17, 15) is 18.8 Å². The highest BCUT2D eigenvalue weighted by Gasteiger charge is 2.25. The molecule has 0 saturated carbocycles. The van der Waals surface area contributed by atoms with Crippen molar-refractivity contribution in [1.82, 2.24) is 5.01 Å². The lowest BCUT2D eigenvalue weighted by molar-refractivity contribution is -0.132. The molecule has 0 bridgehead atoms. The Balaban J connectivity index is 1.49. The standard InChI is InChI=1S/C26H23FN4O4/c1-35-20-6-4-5-19(15-20)28-25(33)21-7-2-3-8-22(21)29-26(34)23-13-14-24(32)31(30-23)16-17-9-11-18(27)12-10-17/h2-12,15H,13-14,16H2,1H3,(H,28,33)(H,29,34). The number of hydrazone groups is 1. The van der Waals surface area contributed by atoms with Crippen molar-refractivity contribution < 1.29 is 23.5 Å². The molecule has 1 aliphatic heterocycles. The van der Waals surface area contributed by atoms with Crippen molar-refractivity contribution >= 4 is 34.8 Å². The van der Waals surface area contributed by atoms with Gasteiger partial charge in [0, 0.05) is 24.6 Å². The van der Waals surface area contributed by atoms with E-state index in [4.69, 9.17) is 4.74 Å². The van der Waals surface area contributed by atoms with E-state index in [1.54, 1.807) is 60.7 Å². The first-order valence-corrected chi connectivity index (χ1v) is 10.9. The summed E-state index contributed by atoms with van der Waals surface area (Å²) < 4.78 is 18.3. The Labute approximate surface area is 201 Å². The molecular formula is C26H23FN4O4. The normalized spacial score (nSPS) is 13.1. The maximum absolute atomic E-state index is 13.2. The number of amides is 3. The fourth-order valence-electron chi connectivity index (χ4n) is 3.53. The van der Waals surface area contributed by atoms with Gasteiger partial charge in [-0.05, 0) is 42.0 Å². The van der Waals surface area contributed by atoms with Crippen LogP contribution in [0.5, 0.6) is 5.75 Å². The SMILES string of the molecule is COc1cccc(NC(=O)c2ccccc2NC(=O)C2=NN(Cc3ccc(F)cc3)C(=O)CC2)c1. The largest absolute Gasteiger partial charge is 0.497 e. The summed E-state index contributed by atoms with van der Waals surface area (Å²) in [6.07, 6.45) is 0.286. The van der Waals surface area contributed by atoms with Gasteiger partial charge >= 0.3 is 0 Å². The van der Waals surface area contributed by atoms with Crippen LogP contribution in [0.1, 0.15) is 28.8 Å². The maximum atomic E-state index is 13.2. The molecule has 0 aliphatic carbocycles. The second-order valence-corrected chi connectivity index (χ2v) is 7.81. The molecule has 1 aliphatic rings. The second-order valence-electron chi connectivity index (χ2n) is 7.81. The van der Waals surface area contributed by atoms with Crippen molar-refractivity contribution in [2.24, 2.45) is 5.10 Å². The average molecular weight is 474 g/mol. The zero-order chi connectivity index (χ0) is 24.8. The van der Waals surface area contributed by atoms with E-state index < -0.39 is 11.8 Å². The molecule has 2 N–H and O–H groups in total. The number of hydrogen-bond acceptors (Lipinski definition) is 5. The molecule has 0 aromatic heterocycles. The molecule has 3 aromatic rings. The molecule has 4 rings (SSSR count). The van der Waals surface area contributed by atoms with Gasteiger partial charge in [-0.15, -0.1) is 0 Å². The molecule has 3 amide bonds. The third kappa shape index (κ3) is 5.89. The number of benzene rings is 3. The van der Waals surface area contributed by atoms with Crippen LogP contribution in [-0.4, -0.2) is 35.6 Å². The minimum atomic E-state index is -0.511. The number of rotatable bonds is 7. The monoisotopic (exact) mass is 474 g/mol. The number of carbonyl (C=O) groups excluding carboxylic acids is 3. The number of hydrogen-bond donors (Lipinski definition) is 2. The van der Waals surface area contributed by atoms with E-state index in [1.165, 1.54) is 24.3 Å². The van der Waals surface area contributed by atoms with Crippen LogP contribution >= 0.6 is 0 Å².